The van der Waals surface area contributed by atoms with Crippen LogP contribution < -0.4 is 10.1 Å². The number of amides is 3. The Hall–Kier alpha value is -5.39. The second kappa shape index (κ2) is 10.8. The van der Waals surface area contributed by atoms with Crippen LogP contribution >= 0.6 is 0 Å². The van der Waals surface area contributed by atoms with Crippen molar-refractivity contribution in [2.45, 2.75) is 50.2 Å². The van der Waals surface area contributed by atoms with E-state index in [0.29, 0.717) is 53.0 Å². The van der Waals surface area contributed by atoms with Gasteiger partial charge in [0.15, 0.2) is 5.60 Å². The van der Waals surface area contributed by atoms with E-state index in [-0.39, 0.29) is 47.8 Å². The van der Waals surface area contributed by atoms with Gasteiger partial charge in [-0.2, -0.15) is 0 Å². The zero-order valence-electron chi connectivity index (χ0n) is 22.7. The van der Waals surface area contributed by atoms with Crippen LogP contribution in [-0.4, -0.2) is 45.4 Å². The molecule has 6 rings (SSSR count). The molecule has 3 aromatic carbocycles. The van der Waals surface area contributed by atoms with Crippen LogP contribution in [0.25, 0.3) is 0 Å². The minimum Gasteiger partial charge on any atom is -0.508 e. The maximum Gasteiger partial charge on any atom is 0.340 e. The summed E-state index contributed by atoms with van der Waals surface area (Å²) in [5.74, 6) is -1.97. The topological polar surface area (TPSA) is 169 Å². The number of hydroxylamine groups is 2. The summed E-state index contributed by atoms with van der Waals surface area (Å²) in [6.07, 6.45) is 1.83. The van der Waals surface area contributed by atoms with Gasteiger partial charge in [-0.1, -0.05) is 18.6 Å². The minimum atomic E-state index is -1.40. The van der Waals surface area contributed by atoms with E-state index in [1.807, 2.05) is 0 Å². The van der Waals surface area contributed by atoms with Gasteiger partial charge in [0.2, 0.25) is 6.41 Å². The molecule has 3 aromatic rings. The first-order valence-electron chi connectivity index (χ1n) is 13.7. The lowest BCUT2D eigenvalue weighted by atomic mass is 9.77. The molecule has 12 heteroatoms. The highest BCUT2D eigenvalue weighted by atomic mass is 16.7. The Kier molecular flexibility index (Phi) is 6.96. The molecule has 0 saturated carbocycles. The molecular weight excluding hydrogens is 560 g/mol. The Morgan fingerprint density at radius 3 is 2.19 bits per heavy atom. The predicted octanol–water partition coefficient (Wildman–Crippen LogP) is 3.62. The summed E-state index contributed by atoms with van der Waals surface area (Å²) < 4.78 is 12.1. The van der Waals surface area contributed by atoms with E-state index in [1.165, 1.54) is 24.3 Å². The molecule has 0 aliphatic carbocycles. The highest BCUT2D eigenvalue weighted by Gasteiger charge is 2.53. The number of hydrogen-bond acceptors (Lipinski definition) is 10. The molecule has 43 heavy (non-hydrogen) atoms. The third kappa shape index (κ3) is 4.80. The summed E-state index contributed by atoms with van der Waals surface area (Å²) in [6.45, 7) is 0. The number of nitrogens with zero attached hydrogens (tertiary/aromatic N) is 1. The van der Waals surface area contributed by atoms with Crippen LogP contribution in [0.4, 0.5) is 0 Å². The first-order valence-corrected chi connectivity index (χ1v) is 13.7. The number of fused-ring (bicyclic) bond motifs is 6. The van der Waals surface area contributed by atoms with Crippen molar-refractivity contribution in [3.05, 3.63) is 82.4 Å². The maximum atomic E-state index is 13.4. The average molecular weight is 587 g/mol. The van der Waals surface area contributed by atoms with E-state index in [1.54, 1.807) is 30.3 Å². The van der Waals surface area contributed by atoms with Gasteiger partial charge in [-0.05, 0) is 48.7 Å². The van der Waals surface area contributed by atoms with E-state index < -0.39 is 35.4 Å². The number of nitrogens with one attached hydrogen (secondary N) is 1. The van der Waals surface area contributed by atoms with Gasteiger partial charge >= 0.3 is 11.9 Å². The van der Waals surface area contributed by atoms with E-state index in [9.17, 15) is 34.2 Å². The molecular formula is C31H26N2O10. The van der Waals surface area contributed by atoms with Crippen molar-refractivity contribution < 1.29 is 48.5 Å². The number of unbranched alkanes of at least 4 members (excludes halogenated alkanes) is 1. The summed E-state index contributed by atoms with van der Waals surface area (Å²) >= 11 is 0. The molecule has 1 fully saturated rings. The Labute approximate surface area is 244 Å². The van der Waals surface area contributed by atoms with E-state index >= 15 is 0 Å². The zero-order chi connectivity index (χ0) is 30.3. The van der Waals surface area contributed by atoms with Crippen LogP contribution in [0.1, 0.15) is 77.2 Å². The zero-order valence-corrected chi connectivity index (χ0v) is 22.7. The summed E-state index contributed by atoms with van der Waals surface area (Å²) in [7, 11) is 0. The van der Waals surface area contributed by atoms with Crippen molar-refractivity contribution in [1.29, 1.82) is 0 Å². The molecule has 1 unspecified atom stereocenters. The van der Waals surface area contributed by atoms with E-state index in [4.69, 9.17) is 14.3 Å². The molecule has 3 aliphatic heterocycles. The quantitative estimate of drug-likeness (QED) is 0.146. The summed E-state index contributed by atoms with van der Waals surface area (Å²) in [4.78, 5) is 65.2. The SMILES string of the molecule is O=CNC(CCCCC(=O)ON1C(=O)CCC1=O)c1ccc2c(c1)C(=O)OC21c2ccc(O)cc2Oc2cc(O)ccc21. The average Bonchev–Trinajstić information content (AvgIpc) is 3.45. The molecule has 12 nitrogen and oxygen atoms in total. The molecule has 3 aliphatic rings. The molecule has 0 bridgehead atoms. The number of carbonyl (C=O) groups is 5. The normalized spacial score (nSPS) is 16.6. The highest BCUT2D eigenvalue weighted by Crippen LogP contribution is 2.57. The Morgan fingerprint density at radius 2 is 1.56 bits per heavy atom. The molecule has 0 aromatic heterocycles. The van der Waals surface area contributed by atoms with Crippen LogP contribution in [0, 0.1) is 0 Å². The summed E-state index contributed by atoms with van der Waals surface area (Å²) in [5.41, 5.74) is 1.03. The number of ether oxygens (including phenoxy) is 2. The number of phenolic OH excluding ortho intramolecular Hbond substituents is 2. The lowest BCUT2D eigenvalue weighted by Gasteiger charge is -2.36. The first-order chi connectivity index (χ1) is 20.7. The molecule has 1 atom stereocenters. The van der Waals surface area contributed by atoms with Gasteiger partial charge in [-0.15, -0.1) is 5.06 Å². The monoisotopic (exact) mass is 586 g/mol. The van der Waals surface area contributed by atoms with Crippen LogP contribution in [0.5, 0.6) is 23.0 Å². The fourth-order valence-electron chi connectivity index (χ4n) is 5.79. The van der Waals surface area contributed by atoms with E-state index in [0.717, 1.165) is 0 Å². The molecule has 3 heterocycles. The molecule has 3 N–H and O–H groups in total. The highest BCUT2D eigenvalue weighted by molar-refractivity contribution is 6.01. The van der Waals surface area contributed by atoms with Crippen molar-refractivity contribution in [3.63, 3.8) is 0 Å². The Bertz CT molecular complexity index is 1620. The van der Waals surface area contributed by atoms with Crippen molar-refractivity contribution >= 4 is 30.2 Å². The molecule has 220 valence electrons. The number of carbonyl (C=O) groups excluding carboxylic acids is 5. The van der Waals surface area contributed by atoms with Crippen molar-refractivity contribution in [1.82, 2.24) is 10.4 Å². The lowest BCUT2D eigenvalue weighted by molar-refractivity contribution is -0.197. The van der Waals surface area contributed by atoms with Crippen molar-refractivity contribution in [2.24, 2.45) is 0 Å². The van der Waals surface area contributed by atoms with Crippen LogP contribution in [-0.2, 0) is 34.4 Å². The van der Waals surface area contributed by atoms with Gasteiger partial charge in [-0.3, -0.25) is 14.4 Å². The predicted molar refractivity (Wildman–Crippen MR) is 146 cm³/mol. The van der Waals surface area contributed by atoms with Crippen molar-refractivity contribution in [3.8, 4) is 23.0 Å². The molecule has 1 spiro atoms. The van der Waals surface area contributed by atoms with Crippen LogP contribution in [0.3, 0.4) is 0 Å². The van der Waals surface area contributed by atoms with E-state index in [2.05, 4.69) is 5.32 Å². The van der Waals surface area contributed by atoms with Crippen LogP contribution in [0.2, 0.25) is 0 Å². The second-order valence-corrected chi connectivity index (χ2v) is 10.5. The van der Waals surface area contributed by atoms with Crippen LogP contribution in [0.15, 0.2) is 54.6 Å². The molecule has 1 saturated heterocycles. The number of phenols is 2. The second-order valence-electron chi connectivity index (χ2n) is 10.5. The number of rotatable bonds is 9. The molecule has 3 amide bonds. The fourth-order valence-corrected chi connectivity index (χ4v) is 5.79. The Morgan fingerprint density at radius 1 is 0.930 bits per heavy atom. The largest absolute Gasteiger partial charge is 0.508 e. The third-order valence-electron chi connectivity index (χ3n) is 7.79. The third-order valence-corrected chi connectivity index (χ3v) is 7.79. The molecule has 0 radical (unpaired) electrons. The lowest BCUT2D eigenvalue weighted by Crippen LogP contribution is -2.33. The standard InChI is InChI=1S/C31H26N2O10/c34-16-32-24(3-1-2-4-29(39)43-33-27(37)11-12-28(33)38)17-5-8-21-20(13-17)30(40)42-31(21)22-9-6-18(35)14-25(22)41-26-15-19(36)7-10-23(26)31/h5-10,13-16,24,35-36H,1-4,11-12H2,(H,32,34). The van der Waals surface area contributed by atoms with Gasteiger partial charge in [0.05, 0.1) is 11.6 Å². The van der Waals surface area contributed by atoms with Gasteiger partial charge < -0.3 is 29.8 Å². The summed E-state index contributed by atoms with van der Waals surface area (Å²) in [5, 5.41) is 23.5. The fraction of sp³-hybridized carbons (Fsp3) is 0.258. The number of benzene rings is 3. The number of esters is 1. The number of imide groups is 1. The van der Waals surface area contributed by atoms with Gasteiger partial charge in [0, 0.05) is 48.1 Å². The summed E-state index contributed by atoms with van der Waals surface area (Å²) in [6, 6.07) is 13.7. The number of hydrogen-bond donors (Lipinski definition) is 3. The van der Waals surface area contributed by atoms with Crippen molar-refractivity contribution in [2.75, 3.05) is 0 Å². The smallest absolute Gasteiger partial charge is 0.340 e. The Balaban J connectivity index is 1.24. The minimum absolute atomic E-state index is 0.0145. The maximum absolute atomic E-state index is 13.4. The number of aromatic hydroxyl groups is 2. The van der Waals surface area contributed by atoms with Gasteiger partial charge in [0.1, 0.15) is 23.0 Å². The van der Waals surface area contributed by atoms with Gasteiger partial charge in [0.25, 0.3) is 11.8 Å². The first kappa shape index (κ1) is 27.8. The van der Waals surface area contributed by atoms with Gasteiger partial charge in [-0.25, -0.2) is 9.59 Å².